The predicted octanol–water partition coefficient (Wildman–Crippen LogP) is 3.24. The second kappa shape index (κ2) is 5.32. The number of benzene rings is 1. The molecule has 1 aromatic carbocycles. The van der Waals surface area contributed by atoms with Crippen LogP contribution in [-0.4, -0.2) is 10.8 Å². The summed E-state index contributed by atoms with van der Waals surface area (Å²) >= 11 is 11.4. The van der Waals surface area contributed by atoms with Crippen LogP contribution in [0.1, 0.15) is 0 Å². The van der Waals surface area contributed by atoms with Gasteiger partial charge in [-0.25, -0.2) is 0 Å². The zero-order valence-corrected chi connectivity index (χ0v) is 9.21. The van der Waals surface area contributed by atoms with Crippen molar-refractivity contribution in [1.29, 1.82) is 0 Å². The van der Waals surface area contributed by atoms with Crippen molar-refractivity contribution in [2.75, 3.05) is 6.26 Å². The number of hydrogen-bond donors (Lipinski definition) is 0. The molecule has 0 radical (unpaired) electrons. The summed E-state index contributed by atoms with van der Waals surface area (Å²) in [6, 6.07) is 7.39. The van der Waals surface area contributed by atoms with Crippen LogP contribution in [0.2, 0.25) is 0 Å². The Labute approximate surface area is 91.1 Å². The highest BCUT2D eigenvalue weighted by Gasteiger charge is 1.97. The minimum Gasteiger partial charge on any atom is -0.288 e. The van der Waals surface area contributed by atoms with Crippen LogP contribution in [0.25, 0.3) is 0 Å². The van der Waals surface area contributed by atoms with Gasteiger partial charge in [-0.2, -0.15) is 0 Å². The molecule has 2 nitrogen and oxygen atoms in total. The standard InChI is InChI=1S/C8H7ClO2S2/c1-13-7-4-2-6(3-5-7)10-11-8(9)12/h2-5H,1H3. The van der Waals surface area contributed by atoms with E-state index in [2.05, 4.69) is 17.1 Å². The highest BCUT2D eigenvalue weighted by Crippen LogP contribution is 2.19. The summed E-state index contributed by atoms with van der Waals surface area (Å²) in [6.07, 6.45) is 2.00. The van der Waals surface area contributed by atoms with Crippen LogP contribution in [0, 0.1) is 0 Å². The SMILES string of the molecule is CSc1ccc(OOC(=S)Cl)cc1. The van der Waals surface area contributed by atoms with Gasteiger partial charge in [0.15, 0.2) is 5.75 Å². The molecule has 0 N–H and O–H groups in total. The Morgan fingerprint density at radius 3 is 2.46 bits per heavy atom. The van der Waals surface area contributed by atoms with E-state index < -0.39 is 0 Å². The van der Waals surface area contributed by atoms with Crippen LogP contribution in [0.15, 0.2) is 29.2 Å². The molecule has 1 aromatic rings. The first-order valence-corrected chi connectivity index (χ1v) is 5.41. The fraction of sp³-hybridized carbons (Fsp3) is 0.125. The second-order valence-electron chi connectivity index (χ2n) is 2.08. The molecular formula is C8H7ClO2S2. The molecule has 0 atom stereocenters. The molecule has 0 aromatic heterocycles. The lowest BCUT2D eigenvalue weighted by Crippen LogP contribution is -1.98. The van der Waals surface area contributed by atoms with Gasteiger partial charge < -0.3 is 0 Å². The summed E-state index contributed by atoms with van der Waals surface area (Å²) in [5.41, 5.74) is 0. The number of halogens is 1. The number of thioether (sulfide) groups is 1. The third-order valence-corrected chi connectivity index (χ3v) is 2.14. The van der Waals surface area contributed by atoms with Crippen LogP contribution in [0.5, 0.6) is 5.75 Å². The minimum atomic E-state index is -0.158. The molecule has 5 heteroatoms. The van der Waals surface area contributed by atoms with Crippen molar-refractivity contribution < 1.29 is 9.78 Å². The lowest BCUT2D eigenvalue weighted by Gasteiger charge is -2.02. The van der Waals surface area contributed by atoms with Crippen molar-refractivity contribution in [2.45, 2.75) is 4.90 Å². The first-order valence-electron chi connectivity index (χ1n) is 3.40. The Hall–Kier alpha value is -0.450. The zero-order valence-electron chi connectivity index (χ0n) is 6.82. The van der Waals surface area contributed by atoms with E-state index in [1.807, 2.05) is 18.4 Å². The summed E-state index contributed by atoms with van der Waals surface area (Å²) in [5.74, 6) is 0.570. The van der Waals surface area contributed by atoms with Crippen molar-refractivity contribution in [3.05, 3.63) is 24.3 Å². The third kappa shape index (κ3) is 3.85. The molecule has 0 aliphatic rings. The number of rotatable bonds is 3. The van der Waals surface area contributed by atoms with Gasteiger partial charge in [-0.15, -0.1) is 11.8 Å². The van der Waals surface area contributed by atoms with Crippen LogP contribution >= 0.6 is 35.6 Å². The zero-order chi connectivity index (χ0) is 9.68. The van der Waals surface area contributed by atoms with Gasteiger partial charge in [0, 0.05) is 4.90 Å². The molecule has 13 heavy (non-hydrogen) atoms. The van der Waals surface area contributed by atoms with E-state index in [1.54, 1.807) is 23.9 Å². The van der Waals surface area contributed by atoms with Gasteiger partial charge in [0.05, 0.1) is 0 Å². The van der Waals surface area contributed by atoms with Crippen molar-refractivity contribution in [3.8, 4) is 5.75 Å². The molecule has 1 rings (SSSR count). The predicted molar refractivity (Wildman–Crippen MR) is 58.4 cm³/mol. The van der Waals surface area contributed by atoms with Crippen LogP contribution in [-0.2, 0) is 4.89 Å². The van der Waals surface area contributed by atoms with Gasteiger partial charge in [-0.3, -0.25) is 9.78 Å². The van der Waals surface area contributed by atoms with Gasteiger partial charge in [0.2, 0.25) is 0 Å². The van der Waals surface area contributed by atoms with Gasteiger partial charge in [0.25, 0.3) is 0 Å². The molecule has 0 bridgehead atoms. The van der Waals surface area contributed by atoms with Crippen LogP contribution < -0.4 is 4.89 Å². The molecule has 0 fully saturated rings. The Bertz CT molecular complexity index is 287. The van der Waals surface area contributed by atoms with Crippen molar-refractivity contribution in [3.63, 3.8) is 0 Å². The van der Waals surface area contributed by atoms with Crippen LogP contribution in [0.4, 0.5) is 0 Å². The fourth-order valence-electron chi connectivity index (χ4n) is 0.712. The Kier molecular flexibility index (Phi) is 4.35. The quantitative estimate of drug-likeness (QED) is 0.263. The Balaban J connectivity index is 2.54. The first-order chi connectivity index (χ1) is 6.22. The Morgan fingerprint density at radius 1 is 1.38 bits per heavy atom. The van der Waals surface area contributed by atoms with E-state index in [-0.39, 0.29) is 4.51 Å². The first kappa shape index (κ1) is 10.6. The topological polar surface area (TPSA) is 18.5 Å². The second-order valence-corrected chi connectivity index (χ2v) is 3.90. The summed E-state index contributed by atoms with van der Waals surface area (Å²) in [5, 5.41) is 0. The average Bonchev–Trinajstić information content (AvgIpc) is 2.15. The smallest absolute Gasteiger partial charge is 0.288 e. The van der Waals surface area contributed by atoms with E-state index in [0.29, 0.717) is 5.75 Å². The highest BCUT2D eigenvalue weighted by atomic mass is 35.5. The van der Waals surface area contributed by atoms with E-state index in [9.17, 15) is 0 Å². The van der Waals surface area contributed by atoms with Gasteiger partial charge in [-0.1, -0.05) is 0 Å². The third-order valence-electron chi connectivity index (χ3n) is 1.26. The van der Waals surface area contributed by atoms with E-state index in [0.717, 1.165) is 4.90 Å². The summed E-state index contributed by atoms with van der Waals surface area (Å²) in [6.45, 7) is 0. The van der Waals surface area contributed by atoms with Crippen LogP contribution in [0.3, 0.4) is 0 Å². The molecule has 0 amide bonds. The summed E-state index contributed by atoms with van der Waals surface area (Å²) < 4.78 is -0.158. The molecule has 0 spiro atoms. The molecule has 0 saturated heterocycles. The summed E-state index contributed by atoms with van der Waals surface area (Å²) in [7, 11) is 0. The highest BCUT2D eigenvalue weighted by molar-refractivity contribution is 7.98. The fourth-order valence-corrected chi connectivity index (χ4v) is 1.19. The normalized spacial score (nSPS) is 9.38. The molecule has 0 heterocycles. The van der Waals surface area contributed by atoms with E-state index >= 15 is 0 Å². The minimum absolute atomic E-state index is 0.158. The molecular weight excluding hydrogens is 228 g/mol. The monoisotopic (exact) mass is 234 g/mol. The molecule has 0 aliphatic heterocycles. The number of thiocarbonyl (C=S) groups is 1. The van der Waals surface area contributed by atoms with Crippen molar-refractivity contribution in [2.24, 2.45) is 0 Å². The molecule has 0 aliphatic carbocycles. The number of hydrogen-bond acceptors (Lipinski definition) is 4. The lowest BCUT2D eigenvalue weighted by molar-refractivity contribution is -0.109. The largest absolute Gasteiger partial charge is 0.310 e. The van der Waals surface area contributed by atoms with Crippen molar-refractivity contribution >= 4 is 40.1 Å². The Morgan fingerprint density at radius 2 is 2.00 bits per heavy atom. The van der Waals surface area contributed by atoms with Gasteiger partial charge >= 0.3 is 4.51 Å². The molecule has 0 saturated carbocycles. The van der Waals surface area contributed by atoms with Gasteiger partial charge in [-0.05, 0) is 54.3 Å². The maximum absolute atomic E-state index is 5.27. The van der Waals surface area contributed by atoms with Crippen molar-refractivity contribution in [1.82, 2.24) is 0 Å². The summed E-state index contributed by atoms with van der Waals surface area (Å²) in [4.78, 5) is 10.4. The maximum atomic E-state index is 5.27. The maximum Gasteiger partial charge on any atom is 0.310 e. The average molecular weight is 235 g/mol. The van der Waals surface area contributed by atoms with E-state index in [4.69, 9.17) is 16.5 Å². The van der Waals surface area contributed by atoms with E-state index in [1.165, 1.54) is 0 Å². The lowest BCUT2D eigenvalue weighted by atomic mass is 10.3. The van der Waals surface area contributed by atoms with Gasteiger partial charge in [0.1, 0.15) is 0 Å². The molecule has 70 valence electrons. The molecule has 0 unspecified atom stereocenters.